The maximum Gasteiger partial charge on any atom is 0.271 e. The van der Waals surface area contributed by atoms with Crippen LogP contribution in [0.25, 0.3) is 20.7 Å². The molecule has 28 heavy (non-hydrogen) atoms. The van der Waals surface area contributed by atoms with Crippen molar-refractivity contribution in [2.24, 2.45) is 5.92 Å². The average Bonchev–Trinajstić information content (AvgIpc) is 3.45. The van der Waals surface area contributed by atoms with Gasteiger partial charge in [-0.1, -0.05) is 23.7 Å². The Kier molecular flexibility index (Phi) is 4.69. The number of carbonyl (C=O) groups excluding carboxylic acids is 1. The molecule has 1 amide bonds. The van der Waals surface area contributed by atoms with E-state index in [1.165, 1.54) is 22.2 Å². The number of fused-ring (bicyclic) bond motifs is 1. The number of hydrogen-bond donors (Lipinski definition) is 1. The summed E-state index contributed by atoms with van der Waals surface area (Å²) in [6.45, 7) is 1.56. The number of hydrogen-bond acceptors (Lipinski definition) is 5. The van der Waals surface area contributed by atoms with Crippen LogP contribution < -0.4 is 10.9 Å². The lowest BCUT2D eigenvalue weighted by Crippen LogP contribution is -2.48. The van der Waals surface area contributed by atoms with Crippen LogP contribution in [0.15, 0.2) is 41.5 Å². The summed E-state index contributed by atoms with van der Waals surface area (Å²) in [7, 11) is 0. The van der Waals surface area contributed by atoms with E-state index in [1.54, 1.807) is 19.1 Å². The minimum atomic E-state index is -0.886. The summed E-state index contributed by atoms with van der Waals surface area (Å²) < 4.78 is 1.77. The summed E-state index contributed by atoms with van der Waals surface area (Å²) >= 11 is 7.27. The molecule has 0 bridgehead atoms. The number of halogens is 1. The number of nitrogens with zero attached hydrogens (tertiary/aromatic N) is 3. The minimum Gasteiger partial charge on any atom is -0.336 e. The fourth-order valence-electron chi connectivity index (χ4n) is 3.18. The van der Waals surface area contributed by atoms with Crippen molar-refractivity contribution >= 4 is 39.1 Å². The first-order chi connectivity index (χ1) is 13.4. The van der Waals surface area contributed by atoms with Crippen molar-refractivity contribution < 1.29 is 4.79 Å². The van der Waals surface area contributed by atoms with E-state index < -0.39 is 5.54 Å². The summed E-state index contributed by atoms with van der Waals surface area (Å²) in [5.41, 5.74) is 0.389. The van der Waals surface area contributed by atoms with Crippen LogP contribution in [-0.2, 0) is 11.3 Å². The molecule has 1 aromatic carbocycles. The van der Waals surface area contributed by atoms with Gasteiger partial charge < -0.3 is 5.32 Å². The molecule has 1 N–H and O–H groups in total. The zero-order chi connectivity index (χ0) is 19.9. The molecule has 2 aromatic heterocycles. The lowest BCUT2D eigenvalue weighted by molar-refractivity contribution is -0.123. The Hall–Kier alpha value is -2.69. The summed E-state index contributed by atoms with van der Waals surface area (Å²) in [5, 5.41) is 12.8. The largest absolute Gasteiger partial charge is 0.336 e. The van der Waals surface area contributed by atoms with Crippen LogP contribution in [0.4, 0.5) is 0 Å². The molecule has 1 fully saturated rings. The summed E-state index contributed by atoms with van der Waals surface area (Å²) in [6.07, 6.45) is 3.24. The molecule has 8 heteroatoms. The van der Waals surface area contributed by atoms with Gasteiger partial charge in [-0.3, -0.25) is 14.2 Å². The molecule has 0 radical (unpaired) electrons. The van der Waals surface area contributed by atoms with Gasteiger partial charge >= 0.3 is 0 Å². The fraction of sp³-hybridized carbons (Fsp3) is 0.300. The topological polar surface area (TPSA) is 87.8 Å². The standard InChI is InChI=1S/C20H17ClN4O2S/c1-20(10-22,13-4-5-13)24-17(26)9-25-11-23-15-8-16(28-18(15)19(25)27)12-2-6-14(21)7-3-12/h2-3,6-8,11,13H,4-5,9H2,1H3,(H,24,26). The molecule has 6 nitrogen and oxygen atoms in total. The van der Waals surface area contributed by atoms with Gasteiger partial charge in [0, 0.05) is 9.90 Å². The van der Waals surface area contributed by atoms with Crippen LogP contribution in [-0.4, -0.2) is 21.0 Å². The van der Waals surface area contributed by atoms with Crippen molar-refractivity contribution in [2.45, 2.75) is 31.8 Å². The zero-order valence-electron chi connectivity index (χ0n) is 15.1. The summed E-state index contributed by atoms with van der Waals surface area (Å²) in [6, 6.07) is 11.4. The highest BCUT2D eigenvalue weighted by atomic mass is 35.5. The van der Waals surface area contributed by atoms with E-state index in [2.05, 4.69) is 16.4 Å². The number of carbonyl (C=O) groups is 1. The molecule has 4 rings (SSSR count). The van der Waals surface area contributed by atoms with E-state index >= 15 is 0 Å². The van der Waals surface area contributed by atoms with Gasteiger partial charge in [-0.25, -0.2) is 4.98 Å². The Morgan fingerprint density at radius 2 is 2.14 bits per heavy atom. The lowest BCUT2D eigenvalue weighted by atomic mass is 9.98. The van der Waals surface area contributed by atoms with Crippen molar-refractivity contribution in [3.63, 3.8) is 0 Å². The van der Waals surface area contributed by atoms with Gasteiger partial charge in [-0.05, 0) is 49.4 Å². The fourth-order valence-corrected chi connectivity index (χ4v) is 4.37. The molecule has 142 valence electrons. The molecule has 1 aliphatic rings. The third-order valence-electron chi connectivity index (χ3n) is 4.97. The van der Waals surface area contributed by atoms with Gasteiger partial charge in [0.15, 0.2) is 0 Å². The van der Waals surface area contributed by atoms with E-state index in [-0.39, 0.29) is 23.9 Å². The molecular formula is C20H17ClN4O2S. The van der Waals surface area contributed by atoms with E-state index in [4.69, 9.17) is 11.6 Å². The summed E-state index contributed by atoms with van der Waals surface area (Å²) in [4.78, 5) is 30.5. The molecule has 3 aromatic rings. The first kappa shape index (κ1) is 18.7. The number of thiophene rings is 1. The normalized spacial score (nSPS) is 15.8. The zero-order valence-corrected chi connectivity index (χ0v) is 16.7. The highest BCUT2D eigenvalue weighted by molar-refractivity contribution is 7.22. The van der Waals surface area contributed by atoms with Crippen LogP contribution in [0.2, 0.25) is 5.02 Å². The van der Waals surface area contributed by atoms with Gasteiger partial charge in [0.25, 0.3) is 5.56 Å². The average molecular weight is 413 g/mol. The van der Waals surface area contributed by atoms with Crippen LogP contribution >= 0.6 is 22.9 Å². The molecule has 2 heterocycles. The molecular weight excluding hydrogens is 396 g/mol. The van der Waals surface area contributed by atoms with Crippen LogP contribution in [0, 0.1) is 17.2 Å². The minimum absolute atomic E-state index is 0.167. The maximum absolute atomic E-state index is 12.8. The number of rotatable bonds is 5. The van der Waals surface area contributed by atoms with Crippen LogP contribution in [0.1, 0.15) is 19.8 Å². The molecule has 1 atom stereocenters. The van der Waals surface area contributed by atoms with E-state index in [1.807, 2.05) is 18.2 Å². The lowest BCUT2D eigenvalue weighted by Gasteiger charge is -2.22. The second-order valence-electron chi connectivity index (χ2n) is 7.15. The molecule has 1 unspecified atom stereocenters. The maximum atomic E-state index is 12.8. The molecule has 1 saturated carbocycles. The highest BCUT2D eigenvalue weighted by Crippen LogP contribution is 2.39. The molecule has 0 saturated heterocycles. The third kappa shape index (κ3) is 3.53. The number of nitriles is 1. The number of nitrogens with one attached hydrogen (secondary N) is 1. The Morgan fingerprint density at radius 1 is 1.43 bits per heavy atom. The van der Waals surface area contributed by atoms with Crippen molar-refractivity contribution in [3.05, 3.63) is 52.0 Å². The van der Waals surface area contributed by atoms with Gasteiger partial charge in [-0.15, -0.1) is 11.3 Å². The van der Waals surface area contributed by atoms with Crippen molar-refractivity contribution in [1.29, 1.82) is 5.26 Å². The second kappa shape index (κ2) is 7.04. The number of benzene rings is 1. The van der Waals surface area contributed by atoms with E-state index in [0.29, 0.717) is 15.2 Å². The summed E-state index contributed by atoms with van der Waals surface area (Å²) in [5.74, 6) is -0.188. The Labute approximate surface area is 170 Å². The number of aromatic nitrogens is 2. The van der Waals surface area contributed by atoms with E-state index in [0.717, 1.165) is 23.3 Å². The SMILES string of the molecule is CC(C#N)(NC(=O)Cn1cnc2cc(-c3ccc(Cl)cc3)sc2c1=O)C1CC1. The van der Waals surface area contributed by atoms with Gasteiger partial charge in [0.2, 0.25) is 5.91 Å². The highest BCUT2D eigenvalue weighted by Gasteiger charge is 2.43. The Balaban J connectivity index is 1.59. The third-order valence-corrected chi connectivity index (χ3v) is 6.38. The predicted molar refractivity (Wildman–Crippen MR) is 109 cm³/mol. The van der Waals surface area contributed by atoms with Gasteiger partial charge in [0.1, 0.15) is 16.8 Å². The van der Waals surface area contributed by atoms with Crippen LogP contribution in [0.3, 0.4) is 0 Å². The Morgan fingerprint density at radius 3 is 2.79 bits per heavy atom. The molecule has 0 spiro atoms. The van der Waals surface area contributed by atoms with Gasteiger partial charge in [-0.2, -0.15) is 5.26 Å². The number of amides is 1. The van der Waals surface area contributed by atoms with Crippen molar-refractivity contribution in [2.75, 3.05) is 0 Å². The predicted octanol–water partition coefficient (Wildman–Crippen LogP) is 3.59. The Bertz CT molecular complexity index is 1160. The van der Waals surface area contributed by atoms with Gasteiger partial charge in [0.05, 0.1) is 17.9 Å². The monoisotopic (exact) mass is 412 g/mol. The molecule has 0 aliphatic heterocycles. The first-order valence-electron chi connectivity index (χ1n) is 8.87. The smallest absolute Gasteiger partial charge is 0.271 e. The van der Waals surface area contributed by atoms with E-state index in [9.17, 15) is 14.9 Å². The first-order valence-corrected chi connectivity index (χ1v) is 10.1. The second-order valence-corrected chi connectivity index (χ2v) is 8.63. The quantitative estimate of drug-likeness (QED) is 0.693. The van der Waals surface area contributed by atoms with Crippen molar-refractivity contribution in [1.82, 2.24) is 14.9 Å². The molecule has 1 aliphatic carbocycles. The van der Waals surface area contributed by atoms with Crippen molar-refractivity contribution in [3.8, 4) is 16.5 Å². The van der Waals surface area contributed by atoms with Crippen LogP contribution in [0.5, 0.6) is 0 Å².